The molecule has 1 aromatic carbocycles. The Balaban J connectivity index is 0.00000306. The van der Waals surface area contributed by atoms with Crippen LogP contribution in [0.15, 0.2) is 23.2 Å². The SMILES string of the molecule is COc1ccc(CN=C(NCc2nnc(C)n2C)NC2CCCC2)c(OC2CCCC2)c1.I. The molecule has 2 N–H and O–H groups in total. The lowest BCUT2D eigenvalue weighted by Crippen LogP contribution is -2.42. The van der Waals surface area contributed by atoms with Crippen molar-refractivity contribution in [3.05, 3.63) is 35.4 Å². The van der Waals surface area contributed by atoms with Gasteiger partial charge in [0.25, 0.3) is 0 Å². The Morgan fingerprint density at radius 2 is 1.85 bits per heavy atom. The summed E-state index contributed by atoms with van der Waals surface area (Å²) in [6, 6.07) is 6.49. The lowest BCUT2D eigenvalue weighted by molar-refractivity contribution is 0.207. The zero-order valence-corrected chi connectivity index (χ0v) is 22.3. The highest BCUT2D eigenvalue weighted by Gasteiger charge is 2.19. The first-order valence-corrected chi connectivity index (χ1v) is 11.9. The number of benzene rings is 1. The van der Waals surface area contributed by atoms with Crippen LogP contribution < -0.4 is 20.1 Å². The number of aryl methyl sites for hydroxylation is 1. The number of rotatable bonds is 8. The lowest BCUT2D eigenvalue weighted by atomic mass is 10.2. The minimum absolute atomic E-state index is 0. The molecule has 2 saturated carbocycles. The van der Waals surface area contributed by atoms with Crippen LogP contribution in [-0.2, 0) is 20.1 Å². The van der Waals surface area contributed by atoms with Crippen LogP contribution >= 0.6 is 24.0 Å². The number of halogens is 1. The molecule has 182 valence electrons. The molecule has 2 aromatic rings. The van der Waals surface area contributed by atoms with Gasteiger partial charge in [-0.05, 0) is 57.6 Å². The van der Waals surface area contributed by atoms with Crippen LogP contribution in [0.1, 0.15) is 68.6 Å². The van der Waals surface area contributed by atoms with Crippen LogP contribution in [0.25, 0.3) is 0 Å². The Morgan fingerprint density at radius 3 is 2.52 bits per heavy atom. The van der Waals surface area contributed by atoms with Gasteiger partial charge in [-0.25, -0.2) is 4.99 Å². The van der Waals surface area contributed by atoms with E-state index < -0.39 is 0 Å². The predicted molar refractivity (Wildman–Crippen MR) is 140 cm³/mol. The quantitative estimate of drug-likeness (QED) is 0.282. The third-order valence-electron chi connectivity index (χ3n) is 6.57. The molecule has 2 fully saturated rings. The van der Waals surface area contributed by atoms with Crippen molar-refractivity contribution in [3.63, 3.8) is 0 Å². The molecule has 2 aliphatic carbocycles. The number of methoxy groups -OCH3 is 1. The molecular formula is C24H37IN6O2. The van der Waals surface area contributed by atoms with E-state index in [1.807, 2.05) is 30.7 Å². The van der Waals surface area contributed by atoms with Crippen LogP contribution in [0.2, 0.25) is 0 Å². The number of aliphatic imine (C=N–C) groups is 1. The monoisotopic (exact) mass is 568 g/mol. The van der Waals surface area contributed by atoms with Crippen molar-refractivity contribution in [3.8, 4) is 11.5 Å². The second kappa shape index (κ2) is 12.4. The average molecular weight is 569 g/mol. The Hall–Kier alpha value is -2.04. The molecule has 0 saturated heterocycles. The topological polar surface area (TPSA) is 85.6 Å². The highest BCUT2D eigenvalue weighted by atomic mass is 127. The summed E-state index contributed by atoms with van der Waals surface area (Å²) in [7, 11) is 3.67. The summed E-state index contributed by atoms with van der Waals surface area (Å²) in [5.74, 6) is 4.28. The molecule has 1 heterocycles. The summed E-state index contributed by atoms with van der Waals surface area (Å²) in [6.45, 7) is 3.06. The van der Waals surface area contributed by atoms with E-state index in [2.05, 4.69) is 26.9 Å². The maximum atomic E-state index is 6.35. The number of ether oxygens (including phenoxy) is 2. The van der Waals surface area contributed by atoms with Gasteiger partial charge >= 0.3 is 0 Å². The minimum atomic E-state index is 0. The highest BCUT2D eigenvalue weighted by Crippen LogP contribution is 2.30. The van der Waals surface area contributed by atoms with E-state index >= 15 is 0 Å². The third-order valence-corrected chi connectivity index (χ3v) is 6.57. The smallest absolute Gasteiger partial charge is 0.192 e. The fraction of sp³-hybridized carbons (Fsp3) is 0.625. The van der Waals surface area contributed by atoms with Crippen LogP contribution in [0.4, 0.5) is 0 Å². The summed E-state index contributed by atoms with van der Waals surface area (Å²) < 4.78 is 13.8. The van der Waals surface area contributed by atoms with Crippen LogP contribution in [0, 0.1) is 6.92 Å². The largest absolute Gasteiger partial charge is 0.497 e. The van der Waals surface area contributed by atoms with E-state index in [1.165, 1.54) is 38.5 Å². The van der Waals surface area contributed by atoms with Gasteiger partial charge in [0.05, 0.1) is 26.3 Å². The van der Waals surface area contributed by atoms with Crippen molar-refractivity contribution in [2.24, 2.45) is 12.0 Å². The Labute approximate surface area is 214 Å². The molecule has 0 radical (unpaired) electrons. The van der Waals surface area contributed by atoms with Gasteiger partial charge in [-0.3, -0.25) is 0 Å². The van der Waals surface area contributed by atoms with E-state index in [0.717, 1.165) is 47.5 Å². The molecule has 0 spiro atoms. The van der Waals surface area contributed by atoms with Crippen LogP contribution in [0.5, 0.6) is 11.5 Å². The van der Waals surface area contributed by atoms with E-state index in [0.29, 0.717) is 19.1 Å². The van der Waals surface area contributed by atoms with Crippen molar-refractivity contribution < 1.29 is 9.47 Å². The number of aromatic nitrogens is 3. The second-order valence-electron chi connectivity index (χ2n) is 8.86. The molecule has 2 aliphatic rings. The number of guanidine groups is 1. The normalized spacial score (nSPS) is 17.1. The fourth-order valence-electron chi connectivity index (χ4n) is 4.44. The average Bonchev–Trinajstić information content (AvgIpc) is 3.56. The van der Waals surface area contributed by atoms with Gasteiger partial charge in [-0.15, -0.1) is 34.2 Å². The molecule has 9 heteroatoms. The standard InChI is InChI=1S/C24H36N6O2.HI/c1-17-28-29-23(30(17)2)16-26-24(27-19-8-4-5-9-19)25-15-18-12-13-21(31-3)14-22(18)32-20-10-6-7-11-20;/h12-14,19-20H,4-11,15-16H2,1-3H3,(H2,25,26,27);1H. The zero-order chi connectivity index (χ0) is 22.3. The Kier molecular flexibility index (Phi) is 9.64. The maximum Gasteiger partial charge on any atom is 0.192 e. The minimum Gasteiger partial charge on any atom is -0.497 e. The van der Waals surface area contributed by atoms with Gasteiger partial charge in [-0.1, -0.05) is 12.8 Å². The lowest BCUT2D eigenvalue weighted by Gasteiger charge is -2.19. The van der Waals surface area contributed by atoms with Crippen molar-refractivity contribution in [2.45, 2.75) is 83.5 Å². The fourth-order valence-corrected chi connectivity index (χ4v) is 4.44. The van der Waals surface area contributed by atoms with E-state index in [1.54, 1.807) is 7.11 Å². The molecule has 8 nitrogen and oxygen atoms in total. The molecule has 4 rings (SSSR count). The first-order chi connectivity index (χ1) is 15.6. The second-order valence-corrected chi connectivity index (χ2v) is 8.86. The van der Waals surface area contributed by atoms with Crippen LogP contribution in [0.3, 0.4) is 0 Å². The first-order valence-electron chi connectivity index (χ1n) is 11.9. The van der Waals surface area contributed by atoms with Crippen LogP contribution in [-0.4, -0.2) is 40.0 Å². The molecule has 0 amide bonds. The van der Waals surface area contributed by atoms with E-state index in [-0.39, 0.29) is 30.1 Å². The first kappa shape index (κ1) is 25.6. The molecule has 0 bridgehead atoms. The van der Waals surface area contributed by atoms with Gasteiger partial charge < -0.3 is 24.7 Å². The summed E-state index contributed by atoms with van der Waals surface area (Å²) in [4.78, 5) is 4.92. The van der Waals surface area contributed by atoms with Crippen molar-refractivity contribution in [1.82, 2.24) is 25.4 Å². The zero-order valence-electron chi connectivity index (χ0n) is 20.0. The van der Waals surface area contributed by atoms with Crippen molar-refractivity contribution in [2.75, 3.05) is 7.11 Å². The van der Waals surface area contributed by atoms with Gasteiger partial charge in [-0.2, -0.15) is 0 Å². The van der Waals surface area contributed by atoms with Crippen molar-refractivity contribution in [1.29, 1.82) is 0 Å². The molecule has 0 aliphatic heterocycles. The van der Waals surface area contributed by atoms with Crippen molar-refractivity contribution >= 4 is 29.9 Å². The van der Waals surface area contributed by atoms with Gasteiger partial charge in [0.15, 0.2) is 11.8 Å². The number of hydrogen-bond acceptors (Lipinski definition) is 5. The molecule has 0 atom stereocenters. The van der Waals surface area contributed by atoms with Gasteiger partial charge in [0.1, 0.15) is 17.3 Å². The molecule has 33 heavy (non-hydrogen) atoms. The summed E-state index contributed by atoms with van der Waals surface area (Å²) in [5.41, 5.74) is 1.07. The Morgan fingerprint density at radius 1 is 1.12 bits per heavy atom. The summed E-state index contributed by atoms with van der Waals surface area (Å²) in [6.07, 6.45) is 9.91. The third kappa shape index (κ3) is 6.97. The maximum absolute atomic E-state index is 6.35. The molecular weight excluding hydrogens is 531 g/mol. The summed E-state index contributed by atoms with van der Waals surface area (Å²) >= 11 is 0. The number of nitrogens with zero attached hydrogens (tertiary/aromatic N) is 4. The predicted octanol–water partition coefficient (Wildman–Crippen LogP) is 4.25. The van der Waals surface area contributed by atoms with Gasteiger partial charge in [0, 0.05) is 24.7 Å². The number of nitrogens with one attached hydrogen (secondary N) is 2. The molecule has 1 aromatic heterocycles. The number of hydrogen-bond donors (Lipinski definition) is 2. The highest BCUT2D eigenvalue weighted by molar-refractivity contribution is 14.0. The van der Waals surface area contributed by atoms with Gasteiger partial charge in [0.2, 0.25) is 0 Å². The molecule has 0 unspecified atom stereocenters. The Bertz CT molecular complexity index is 920. The van der Waals surface area contributed by atoms with E-state index in [4.69, 9.17) is 14.5 Å². The van der Waals surface area contributed by atoms with E-state index in [9.17, 15) is 0 Å². The summed E-state index contributed by atoms with van der Waals surface area (Å²) in [5, 5.41) is 15.5.